The summed E-state index contributed by atoms with van der Waals surface area (Å²) in [7, 11) is 4.01. The van der Waals surface area contributed by atoms with Crippen molar-refractivity contribution in [3.63, 3.8) is 0 Å². The zero-order valence-electron chi connectivity index (χ0n) is 6.59. The van der Waals surface area contributed by atoms with Gasteiger partial charge in [-0.25, -0.2) is 4.98 Å². The summed E-state index contributed by atoms with van der Waals surface area (Å²) in [5.41, 5.74) is 0.988. The Labute approximate surface area is 60.7 Å². The Morgan fingerprint density at radius 2 is 2.30 bits per heavy atom. The van der Waals surface area contributed by atoms with Crippen LogP contribution in [0.15, 0.2) is 10.7 Å². The molecule has 0 aliphatic heterocycles. The average molecular weight is 140 g/mol. The van der Waals surface area contributed by atoms with Crippen LogP contribution in [0.3, 0.4) is 0 Å². The van der Waals surface area contributed by atoms with Crippen molar-refractivity contribution in [2.45, 2.75) is 13.5 Å². The minimum absolute atomic E-state index is 0.733. The summed E-state index contributed by atoms with van der Waals surface area (Å²) in [6.45, 7) is 2.69. The van der Waals surface area contributed by atoms with Crippen molar-refractivity contribution >= 4 is 0 Å². The van der Waals surface area contributed by atoms with Crippen molar-refractivity contribution < 1.29 is 4.42 Å². The third-order valence-corrected chi connectivity index (χ3v) is 1.14. The highest BCUT2D eigenvalue weighted by atomic mass is 16.3. The van der Waals surface area contributed by atoms with Crippen LogP contribution in [-0.2, 0) is 6.54 Å². The van der Waals surface area contributed by atoms with Gasteiger partial charge >= 0.3 is 0 Å². The second-order valence-corrected chi connectivity index (χ2v) is 2.60. The molecule has 0 N–H and O–H groups in total. The summed E-state index contributed by atoms with van der Waals surface area (Å²) in [5.74, 6) is 0.733. The Hall–Kier alpha value is -0.830. The number of aryl methyl sites for hydroxylation is 1. The van der Waals surface area contributed by atoms with Crippen LogP contribution in [-0.4, -0.2) is 24.0 Å². The van der Waals surface area contributed by atoms with Gasteiger partial charge in [-0.3, -0.25) is 0 Å². The topological polar surface area (TPSA) is 29.3 Å². The first-order chi connectivity index (χ1) is 4.68. The minimum atomic E-state index is 0.733. The zero-order valence-corrected chi connectivity index (χ0v) is 6.59. The standard InChI is InChI=1S/C7H12N2O/c1-6-8-7(5-10-6)4-9(2)3/h5H,4H2,1-3H3. The van der Waals surface area contributed by atoms with Crippen molar-refractivity contribution in [2.24, 2.45) is 0 Å². The molecule has 0 saturated carbocycles. The fraction of sp³-hybridized carbons (Fsp3) is 0.571. The largest absolute Gasteiger partial charge is 0.449 e. The number of hydrogen-bond acceptors (Lipinski definition) is 3. The normalized spacial score (nSPS) is 10.8. The molecule has 0 unspecified atom stereocenters. The van der Waals surface area contributed by atoms with E-state index in [1.165, 1.54) is 0 Å². The second kappa shape index (κ2) is 2.84. The van der Waals surface area contributed by atoms with Crippen molar-refractivity contribution in [1.29, 1.82) is 0 Å². The van der Waals surface area contributed by atoms with Gasteiger partial charge in [0.05, 0.1) is 5.69 Å². The van der Waals surface area contributed by atoms with Crippen LogP contribution in [0, 0.1) is 6.92 Å². The minimum Gasteiger partial charge on any atom is -0.449 e. The molecule has 3 heteroatoms. The first-order valence-electron chi connectivity index (χ1n) is 3.24. The molecule has 0 atom stereocenters. The van der Waals surface area contributed by atoms with Gasteiger partial charge in [-0.15, -0.1) is 0 Å². The SMILES string of the molecule is Cc1nc(CN(C)C)co1. The van der Waals surface area contributed by atoms with E-state index in [4.69, 9.17) is 4.42 Å². The van der Waals surface area contributed by atoms with Crippen molar-refractivity contribution in [2.75, 3.05) is 14.1 Å². The van der Waals surface area contributed by atoms with Crippen LogP contribution in [0.2, 0.25) is 0 Å². The van der Waals surface area contributed by atoms with Crippen molar-refractivity contribution in [1.82, 2.24) is 9.88 Å². The molecule has 0 aromatic carbocycles. The summed E-state index contributed by atoms with van der Waals surface area (Å²) in [5, 5.41) is 0. The van der Waals surface area contributed by atoms with Crippen LogP contribution < -0.4 is 0 Å². The van der Waals surface area contributed by atoms with Gasteiger partial charge in [0.15, 0.2) is 5.89 Å². The number of rotatable bonds is 2. The van der Waals surface area contributed by atoms with Crippen molar-refractivity contribution in [3.8, 4) is 0 Å². The smallest absolute Gasteiger partial charge is 0.191 e. The Bertz CT molecular complexity index is 205. The quantitative estimate of drug-likeness (QED) is 0.614. The molecule has 0 amide bonds. The highest BCUT2D eigenvalue weighted by molar-refractivity contribution is 4.94. The Morgan fingerprint density at radius 3 is 2.70 bits per heavy atom. The number of oxazole rings is 1. The fourth-order valence-electron chi connectivity index (χ4n) is 0.805. The highest BCUT2D eigenvalue weighted by Gasteiger charge is 1.99. The third kappa shape index (κ3) is 1.84. The maximum Gasteiger partial charge on any atom is 0.191 e. The molecule has 3 nitrogen and oxygen atoms in total. The van der Waals surface area contributed by atoms with Gasteiger partial charge in [0.2, 0.25) is 0 Å². The number of aromatic nitrogens is 1. The molecule has 0 fully saturated rings. The van der Waals surface area contributed by atoms with Crippen LogP contribution in [0.5, 0.6) is 0 Å². The van der Waals surface area contributed by atoms with E-state index in [0.717, 1.165) is 18.1 Å². The number of hydrogen-bond donors (Lipinski definition) is 0. The molecule has 0 spiro atoms. The van der Waals surface area contributed by atoms with E-state index in [1.54, 1.807) is 6.26 Å². The van der Waals surface area contributed by atoms with Crippen molar-refractivity contribution in [3.05, 3.63) is 17.8 Å². The van der Waals surface area contributed by atoms with E-state index in [2.05, 4.69) is 9.88 Å². The third-order valence-electron chi connectivity index (χ3n) is 1.14. The Morgan fingerprint density at radius 1 is 1.60 bits per heavy atom. The molecule has 1 aromatic rings. The molecular formula is C7H12N2O. The lowest BCUT2D eigenvalue weighted by atomic mass is 10.4. The fourth-order valence-corrected chi connectivity index (χ4v) is 0.805. The second-order valence-electron chi connectivity index (χ2n) is 2.60. The van der Waals surface area contributed by atoms with Crippen LogP contribution in [0.1, 0.15) is 11.6 Å². The van der Waals surface area contributed by atoms with Gasteiger partial charge in [-0.05, 0) is 14.1 Å². The van der Waals surface area contributed by atoms with E-state index in [0.29, 0.717) is 0 Å². The lowest BCUT2D eigenvalue weighted by molar-refractivity contribution is 0.396. The molecule has 1 heterocycles. The first-order valence-corrected chi connectivity index (χ1v) is 3.24. The predicted molar refractivity (Wildman–Crippen MR) is 38.6 cm³/mol. The molecule has 0 radical (unpaired) electrons. The van der Waals surface area contributed by atoms with E-state index in [-0.39, 0.29) is 0 Å². The summed E-state index contributed by atoms with van der Waals surface area (Å²) < 4.78 is 5.03. The molecule has 1 aromatic heterocycles. The van der Waals surface area contributed by atoms with Gasteiger partial charge in [-0.1, -0.05) is 0 Å². The Balaban J connectivity index is 2.58. The predicted octanol–water partition coefficient (Wildman–Crippen LogP) is 1.04. The summed E-state index contributed by atoms with van der Waals surface area (Å²) in [6, 6.07) is 0. The first kappa shape index (κ1) is 7.28. The number of nitrogens with zero attached hydrogens (tertiary/aromatic N) is 2. The molecule has 1 rings (SSSR count). The van der Waals surface area contributed by atoms with Gasteiger partial charge in [0, 0.05) is 13.5 Å². The summed E-state index contributed by atoms with van der Waals surface area (Å²) in [4.78, 5) is 6.20. The van der Waals surface area contributed by atoms with Crippen LogP contribution in [0.25, 0.3) is 0 Å². The molecule has 0 aliphatic rings. The van der Waals surface area contributed by atoms with E-state index in [9.17, 15) is 0 Å². The molecule has 10 heavy (non-hydrogen) atoms. The lowest BCUT2D eigenvalue weighted by Gasteiger charge is -2.04. The van der Waals surface area contributed by atoms with E-state index >= 15 is 0 Å². The molecule has 56 valence electrons. The molecule has 0 saturated heterocycles. The molecular weight excluding hydrogens is 128 g/mol. The van der Waals surface area contributed by atoms with Crippen LogP contribution >= 0.6 is 0 Å². The monoisotopic (exact) mass is 140 g/mol. The highest BCUT2D eigenvalue weighted by Crippen LogP contribution is 2.01. The zero-order chi connectivity index (χ0) is 7.56. The van der Waals surface area contributed by atoms with Gasteiger partial charge < -0.3 is 9.32 Å². The maximum absolute atomic E-state index is 5.03. The van der Waals surface area contributed by atoms with Gasteiger partial charge in [0.25, 0.3) is 0 Å². The van der Waals surface area contributed by atoms with E-state index < -0.39 is 0 Å². The van der Waals surface area contributed by atoms with Gasteiger partial charge in [-0.2, -0.15) is 0 Å². The maximum atomic E-state index is 5.03. The average Bonchev–Trinajstić information content (AvgIpc) is 2.13. The lowest BCUT2D eigenvalue weighted by Crippen LogP contribution is -2.10. The van der Waals surface area contributed by atoms with Gasteiger partial charge in [0.1, 0.15) is 6.26 Å². The summed E-state index contributed by atoms with van der Waals surface area (Å²) in [6.07, 6.45) is 1.69. The molecule has 0 bridgehead atoms. The summed E-state index contributed by atoms with van der Waals surface area (Å²) >= 11 is 0. The molecule has 0 aliphatic carbocycles. The van der Waals surface area contributed by atoms with Crippen LogP contribution in [0.4, 0.5) is 0 Å². The Kier molecular flexibility index (Phi) is 2.06. The van der Waals surface area contributed by atoms with E-state index in [1.807, 2.05) is 21.0 Å².